The first-order chi connectivity index (χ1) is 12.8. The van der Waals surface area contributed by atoms with Crippen molar-refractivity contribution in [3.8, 4) is 16.3 Å². The molecule has 0 saturated carbocycles. The van der Waals surface area contributed by atoms with E-state index in [1.807, 2.05) is 48.5 Å². The molecule has 4 rings (SSSR count). The predicted molar refractivity (Wildman–Crippen MR) is 102 cm³/mol. The number of hydrogen-bond donors (Lipinski definition) is 0. The van der Waals surface area contributed by atoms with E-state index >= 15 is 0 Å². The highest BCUT2D eigenvalue weighted by Gasteiger charge is 2.16. The second-order valence-electron chi connectivity index (χ2n) is 5.42. The highest BCUT2D eigenvalue weighted by atomic mass is 32.1. The maximum Gasteiger partial charge on any atom is 0.318 e. The van der Waals surface area contributed by atoms with Crippen LogP contribution in [0.1, 0.15) is 11.3 Å². The van der Waals surface area contributed by atoms with Crippen LogP contribution in [0.25, 0.3) is 27.7 Å². The average Bonchev–Trinajstić information content (AvgIpc) is 3.12. The summed E-state index contributed by atoms with van der Waals surface area (Å²) in [5.74, 6) is 0.160. The SMILES string of the molecule is COc1c(/C=C/c2cccnc2)nc2sc(-c3ccccc3)nn2c1=O. The Balaban J connectivity index is 1.83. The third-order valence-electron chi connectivity index (χ3n) is 3.74. The van der Waals surface area contributed by atoms with Gasteiger partial charge in [-0.3, -0.25) is 9.78 Å². The van der Waals surface area contributed by atoms with Crippen molar-refractivity contribution >= 4 is 28.4 Å². The first-order valence-corrected chi connectivity index (χ1v) is 8.69. The smallest absolute Gasteiger partial charge is 0.318 e. The molecule has 128 valence electrons. The van der Waals surface area contributed by atoms with Gasteiger partial charge in [0.2, 0.25) is 10.7 Å². The van der Waals surface area contributed by atoms with Gasteiger partial charge in [-0.25, -0.2) is 4.98 Å². The maximum absolute atomic E-state index is 12.7. The lowest BCUT2D eigenvalue weighted by molar-refractivity contribution is 0.403. The van der Waals surface area contributed by atoms with Crippen molar-refractivity contribution in [2.45, 2.75) is 0 Å². The summed E-state index contributed by atoms with van der Waals surface area (Å²) in [5, 5.41) is 5.12. The van der Waals surface area contributed by atoms with Crippen molar-refractivity contribution in [3.63, 3.8) is 0 Å². The van der Waals surface area contributed by atoms with Gasteiger partial charge in [-0.05, 0) is 17.7 Å². The number of pyridine rings is 1. The number of hydrogen-bond acceptors (Lipinski definition) is 6. The molecule has 0 atom stereocenters. The molecule has 1 aromatic carbocycles. The fourth-order valence-electron chi connectivity index (χ4n) is 2.50. The van der Waals surface area contributed by atoms with Gasteiger partial charge >= 0.3 is 5.56 Å². The number of rotatable bonds is 4. The Bertz CT molecular complexity index is 1130. The lowest BCUT2D eigenvalue weighted by atomic mass is 10.2. The topological polar surface area (TPSA) is 69.4 Å². The average molecular weight is 362 g/mol. The molecule has 0 aliphatic rings. The van der Waals surface area contributed by atoms with Gasteiger partial charge in [0.15, 0.2) is 0 Å². The molecular weight excluding hydrogens is 348 g/mol. The van der Waals surface area contributed by atoms with E-state index in [0.717, 1.165) is 16.1 Å². The Kier molecular flexibility index (Phi) is 4.28. The minimum atomic E-state index is -0.332. The second kappa shape index (κ2) is 6.89. The van der Waals surface area contributed by atoms with Gasteiger partial charge in [-0.2, -0.15) is 9.61 Å². The van der Waals surface area contributed by atoms with Crippen LogP contribution in [0.5, 0.6) is 5.75 Å². The number of nitrogens with zero attached hydrogens (tertiary/aromatic N) is 4. The third kappa shape index (κ3) is 3.00. The number of methoxy groups -OCH3 is 1. The summed E-state index contributed by atoms with van der Waals surface area (Å²) in [6, 6.07) is 13.5. The maximum atomic E-state index is 12.7. The van der Waals surface area contributed by atoms with Crippen LogP contribution < -0.4 is 10.3 Å². The lowest BCUT2D eigenvalue weighted by Gasteiger charge is -2.03. The molecule has 0 bridgehead atoms. The monoisotopic (exact) mass is 362 g/mol. The van der Waals surface area contributed by atoms with Crippen molar-refractivity contribution in [2.24, 2.45) is 0 Å². The molecule has 3 aromatic heterocycles. The largest absolute Gasteiger partial charge is 0.490 e. The summed E-state index contributed by atoms with van der Waals surface area (Å²) >= 11 is 1.36. The van der Waals surface area contributed by atoms with Crippen molar-refractivity contribution in [3.05, 3.63) is 76.5 Å². The minimum absolute atomic E-state index is 0.160. The van der Waals surface area contributed by atoms with Gasteiger partial charge in [-0.1, -0.05) is 53.8 Å². The van der Waals surface area contributed by atoms with Gasteiger partial charge in [-0.15, -0.1) is 0 Å². The highest BCUT2D eigenvalue weighted by Crippen LogP contribution is 2.25. The summed E-state index contributed by atoms with van der Waals surface area (Å²) in [6.07, 6.45) is 7.03. The van der Waals surface area contributed by atoms with Gasteiger partial charge < -0.3 is 4.74 Å². The van der Waals surface area contributed by atoms with Crippen LogP contribution in [-0.2, 0) is 0 Å². The zero-order valence-electron chi connectivity index (χ0n) is 13.9. The van der Waals surface area contributed by atoms with Crippen molar-refractivity contribution in [1.29, 1.82) is 0 Å². The fraction of sp³-hybridized carbons (Fsp3) is 0.0526. The van der Waals surface area contributed by atoms with Crippen LogP contribution in [0.2, 0.25) is 0 Å². The zero-order valence-corrected chi connectivity index (χ0v) is 14.7. The molecule has 0 unspecified atom stereocenters. The summed E-state index contributed by atoms with van der Waals surface area (Å²) in [6.45, 7) is 0. The summed E-state index contributed by atoms with van der Waals surface area (Å²) in [7, 11) is 1.46. The lowest BCUT2D eigenvalue weighted by Crippen LogP contribution is -2.18. The van der Waals surface area contributed by atoms with Crippen molar-refractivity contribution in [1.82, 2.24) is 19.6 Å². The predicted octanol–water partition coefficient (Wildman–Crippen LogP) is 3.39. The Hall–Kier alpha value is -3.32. The van der Waals surface area contributed by atoms with Gasteiger partial charge in [0.05, 0.1) is 7.11 Å². The standard InChI is InChI=1S/C19H14N4O2S/c1-25-16-15(10-9-13-6-5-11-20-12-13)21-19-23(18(16)24)22-17(26-19)14-7-3-2-4-8-14/h2-12H,1H3/b10-9+. The van der Waals surface area contributed by atoms with Crippen molar-refractivity contribution < 1.29 is 4.74 Å². The molecule has 6 nitrogen and oxygen atoms in total. The van der Waals surface area contributed by atoms with Gasteiger partial charge in [0.25, 0.3) is 0 Å². The molecule has 0 saturated heterocycles. The second-order valence-corrected chi connectivity index (χ2v) is 6.38. The van der Waals surface area contributed by atoms with Crippen LogP contribution in [0.15, 0.2) is 59.7 Å². The molecule has 0 amide bonds. The third-order valence-corrected chi connectivity index (χ3v) is 4.70. The molecule has 0 spiro atoms. The van der Waals surface area contributed by atoms with Crippen LogP contribution in [0.4, 0.5) is 0 Å². The molecule has 0 aliphatic heterocycles. The number of benzene rings is 1. The van der Waals surface area contributed by atoms with Crippen LogP contribution in [-0.4, -0.2) is 26.7 Å². The van der Waals surface area contributed by atoms with E-state index in [1.165, 1.54) is 23.0 Å². The molecule has 26 heavy (non-hydrogen) atoms. The molecule has 3 heterocycles. The van der Waals surface area contributed by atoms with Crippen molar-refractivity contribution in [2.75, 3.05) is 7.11 Å². The van der Waals surface area contributed by atoms with E-state index in [4.69, 9.17) is 4.74 Å². The summed E-state index contributed by atoms with van der Waals surface area (Å²) in [4.78, 5) is 21.9. The zero-order chi connectivity index (χ0) is 17.9. The highest BCUT2D eigenvalue weighted by molar-refractivity contribution is 7.19. The molecule has 0 aliphatic carbocycles. The van der Waals surface area contributed by atoms with Gasteiger partial charge in [0.1, 0.15) is 10.7 Å². The van der Waals surface area contributed by atoms with E-state index in [9.17, 15) is 4.79 Å². The van der Waals surface area contributed by atoms with E-state index in [-0.39, 0.29) is 11.3 Å². The minimum Gasteiger partial charge on any atom is -0.490 e. The fourth-order valence-corrected chi connectivity index (χ4v) is 3.40. The van der Waals surface area contributed by atoms with Crippen LogP contribution >= 0.6 is 11.3 Å². The first-order valence-electron chi connectivity index (χ1n) is 7.87. The first kappa shape index (κ1) is 16.2. The van der Waals surface area contributed by atoms with E-state index < -0.39 is 0 Å². The summed E-state index contributed by atoms with van der Waals surface area (Å²) in [5.41, 5.74) is 1.98. The van der Waals surface area contributed by atoms with E-state index in [2.05, 4.69) is 15.1 Å². The number of ether oxygens (including phenoxy) is 1. The Morgan fingerprint density at radius 1 is 1.12 bits per heavy atom. The van der Waals surface area contributed by atoms with Crippen LogP contribution in [0, 0.1) is 0 Å². The Morgan fingerprint density at radius 3 is 2.69 bits per heavy atom. The number of fused-ring (bicyclic) bond motifs is 1. The molecule has 0 N–H and O–H groups in total. The van der Waals surface area contributed by atoms with E-state index in [1.54, 1.807) is 18.5 Å². The molecule has 0 radical (unpaired) electrons. The number of aromatic nitrogens is 4. The molecule has 0 fully saturated rings. The molecule has 7 heteroatoms. The van der Waals surface area contributed by atoms with Gasteiger partial charge in [0, 0.05) is 18.0 Å². The molecule has 4 aromatic rings. The Morgan fingerprint density at radius 2 is 1.96 bits per heavy atom. The van der Waals surface area contributed by atoms with E-state index in [0.29, 0.717) is 10.7 Å². The quantitative estimate of drug-likeness (QED) is 0.557. The summed E-state index contributed by atoms with van der Waals surface area (Å²) < 4.78 is 6.57. The Labute approximate surface area is 153 Å². The van der Waals surface area contributed by atoms with Crippen LogP contribution in [0.3, 0.4) is 0 Å². The normalized spacial score (nSPS) is 11.3. The molecular formula is C19H14N4O2S.